The summed E-state index contributed by atoms with van der Waals surface area (Å²) in [4.78, 5) is 24.0. The number of benzene rings is 2. The highest BCUT2D eigenvalue weighted by Gasteiger charge is 2.18. The lowest BCUT2D eigenvalue weighted by Crippen LogP contribution is -2.28. The van der Waals surface area contributed by atoms with Crippen molar-refractivity contribution in [2.24, 2.45) is 0 Å². The van der Waals surface area contributed by atoms with Gasteiger partial charge >= 0.3 is 5.97 Å². The minimum Gasteiger partial charge on any atom is -0.497 e. The molecule has 1 heterocycles. The first kappa shape index (κ1) is 19.6. The highest BCUT2D eigenvalue weighted by Crippen LogP contribution is 2.45. The Morgan fingerprint density at radius 1 is 1.04 bits per heavy atom. The molecule has 3 rings (SSSR count). The molecule has 0 aliphatic carbocycles. The summed E-state index contributed by atoms with van der Waals surface area (Å²) in [7, 11) is 1.60. The molecule has 0 unspecified atom stereocenters. The van der Waals surface area contributed by atoms with Crippen molar-refractivity contribution < 1.29 is 19.1 Å². The van der Waals surface area contributed by atoms with Crippen molar-refractivity contribution in [3.05, 3.63) is 65.2 Å². The lowest BCUT2D eigenvalue weighted by molar-refractivity contribution is -0.124. The van der Waals surface area contributed by atoms with Crippen molar-refractivity contribution in [1.82, 2.24) is 5.32 Å². The standard InChI is InChI=1S/C20H21NO4S2/c1-24-17-8-2-14(3-9-17)12-21-18(22)13-25-19(23)15-4-6-16(7-5-15)20-26-10-11-27-20/h2-9,20H,10-13H2,1H3,(H,21,22). The van der Waals surface area contributed by atoms with E-state index in [1.165, 1.54) is 5.56 Å². The number of rotatable bonds is 7. The third-order valence-electron chi connectivity index (χ3n) is 4.02. The Balaban J connectivity index is 1.43. The summed E-state index contributed by atoms with van der Waals surface area (Å²) in [5, 5.41) is 2.73. The van der Waals surface area contributed by atoms with Crippen molar-refractivity contribution in [3.63, 3.8) is 0 Å². The number of hydrogen-bond donors (Lipinski definition) is 1. The summed E-state index contributed by atoms with van der Waals surface area (Å²) in [5.74, 6) is 2.24. The first-order chi connectivity index (χ1) is 13.2. The van der Waals surface area contributed by atoms with Crippen LogP contribution in [0.1, 0.15) is 26.1 Å². The van der Waals surface area contributed by atoms with Crippen LogP contribution in [0.25, 0.3) is 0 Å². The number of thioether (sulfide) groups is 2. The molecule has 27 heavy (non-hydrogen) atoms. The number of amides is 1. The molecule has 0 aromatic heterocycles. The van der Waals surface area contributed by atoms with Crippen molar-refractivity contribution in [2.75, 3.05) is 25.2 Å². The first-order valence-corrected chi connectivity index (χ1v) is 10.7. The highest BCUT2D eigenvalue weighted by atomic mass is 32.2. The number of nitrogens with one attached hydrogen (secondary N) is 1. The van der Waals surface area contributed by atoms with Gasteiger partial charge in [-0.25, -0.2) is 4.79 Å². The van der Waals surface area contributed by atoms with Crippen LogP contribution in [0.4, 0.5) is 0 Å². The van der Waals surface area contributed by atoms with Gasteiger partial charge < -0.3 is 14.8 Å². The molecular weight excluding hydrogens is 382 g/mol. The molecule has 1 aliphatic rings. The minimum absolute atomic E-state index is 0.301. The highest BCUT2D eigenvalue weighted by molar-refractivity contribution is 8.19. The third-order valence-corrected chi connectivity index (χ3v) is 7.13. The molecule has 7 heteroatoms. The monoisotopic (exact) mass is 403 g/mol. The molecule has 0 bridgehead atoms. The maximum atomic E-state index is 12.1. The average molecular weight is 404 g/mol. The predicted octanol–water partition coefficient (Wildman–Crippen LogP) is 3.65. The van der Waals surface area contributed by atoms with Crippen LogP contribution in [0.2, 0.25) is 0 Å². The van der Waals surface area contributed by atoms with Gasteiger partial charge in [0, 0.05) is 18.1 Å². The van der Waals surface area contributed by atoms with Crippen molar-refractivity contribution in [2.45, 2.75) is 11.1 Å². The zero-order valence-corrected chi connectivity index (χ0v) is 16.6. The molecule has 142 valence electrons. The zero-order chi connectivity index (χ0) is 19.1. The van der Waals surface area contributed by atoms with Crippen molar-refractivity contribution in [1.29, 1.82) is 0 Å². The molecular formula is C20H21NO4S2. The van der Waals surface area contributed by atoms with E-state index < -0.39 is 5.97 Å². The third kappa shape index (κ3) is 5.68. The average Bonchev–Trinajstić information content (AvgIpc) is 3.26. The Kier molecular flexibility index (Phi) is 7.06. The summed E-state index contributed by atoms with van der Waals surface area (Å²) in [6.45, 7) is 0.0663. The summed E-state index contributed by atoms with van der Waals surface area (Å²) in [6.07, 6.45) is 0. The second kappa shape index (κ2) is 9.71. The number of carbonyl (C=O) groups is 2. The fraction of sp³-hybridized carbons (Fsp3) is 0.300. The van der Waals surface area contributed by atoms with E-state index in [2.05, 4.69) is 5.32 Å². The van der Waals surface area contributed by atoms with E-state index in [4.69, 9.17) is 9.47 Å². The quantitative estimate of drug-likeness (QED) is 0.712. The number of hydrogen-bond acceptors (Lipinski definition) is 6. The van der Waals surface area contributed by atoms with Crippen molar-refractivity contribution >= 4 is 35.4 Å². The topological polar surface area (TPSA) is 64.6 Å². The van der Waals surface area contributed by atoms with Crippen LogP contribution in [0.15, 0.2) is 48.5 Å². The van der Waals surface area contributed by atoms with Crippen LogP contribution in [0, 0.1) is 0 Å². The molecule has 1 fully saturated rings. The van der Waals surface area contributed by atoms with Crippen LogP contribution in [-0.2, 0) is 16.1 Å². The van der Waals surface area contributed by atoms with Crippen LogP contribution in [-0.4, -0.2) is 37.1 Å². The maximum absolute atomic E-state index is 12.1. The lowest BCUT2D eigenvalue weighted by Gasteiger charge is -2.10. The van der Waals surface area contributed by atoms with Gasteiger partial charge in [-0.15, -0.1) is 23.5 Å². The predicted molar refractivity (Wildman–Crippen MR) is 109 cm³/mol. The maximum Gasteiger partial charge on any atom is 0.338 e. The van der Waals surface area contributed by atoms with Gasteiger partial charge in [-0.05, 0) is 35.4 Å². The van der Waals surface area contributed by atoms with Crippen molar-refractivity contribution in [3.8, 4) is 5.75 Å². The Morgan fingerprint density at radius 2 is 1.70 bits per heavy atom. The van der Waals surface area contributed by atoms with Gasteiger partial charge in [0.2, 0.25) is 0 Å². The van der Waals surface area contributed by atoms with E-state index in [1.807, 2.05) is 59.9 Å². The van der Waals surface area contributed by atoms with Crippen LogP contribution >= 0.6 is 23.5 Å². The Labute approximate surface area is 167 Å². The fourth-order valence-corrected chi connectivity index (χ4v) is 5.40. The Hall–Kier alpha value is -2.12. The van der Waals surface area contributed by atoms with E-state index in [0.29, 0.717) is 16.7 Å². The number of carbonyl (C=O) groups excluding carboxylic acids is 2. The van der Waals surface area contributed by atoms with Gasteiger partial charge in [0.15, 0.2) is 6.61 Å². The molecule has 1 amide bonds. The SMILES string of the molecule is COc1ccc(CNC(=O)COC(=O)c2ccc(C3SCCS3)cc2)cc1. The molecule has 1 aliphatic heterocycles. The Morgan fingerprint density at radius 3 is 2.33 bits per heavy atom. The summed E-state index contributed by atoms with van der Waals surface area (Å²) in [6, 6.07) is 14.8. The second-order valence-corrected chi connectivity index (χ2v) is 8.62. The molecule has 0 saturated carbocycles. The lowest BCUT2D eigenvalue weighted by atomic mass is 10.1. The van der Waals surface area contributed by atoms with Crippen LogP contribution < -0.4 is 10.1 Å². The number of esters is 1. The van der Waals surface area contributed by atoms with Gasteiger partial charge in [0.25, 0.3) is 5.91 Å². The summed E-state index contributed by atoms with van der Waals surface area (Å²) < 4.78 is 10.6. The van der Waals surface area contributed by atoms with Gasteiger partial charge in [-0.1, -0.05) is 24.3 Å². The number of ether oxygens (including phenoxy) is 2. The summed E-state index contributed by atoms with van der Waals surface area (Å²) >= 11 is 3.83. The van der Waals surface area contributed by atoms with Crippen LogP contribution in [0.3, 0.4) is 0 Å². The molecule has 1 N–H and O–H groups in total. The van der Waals surface area contributed by atoms with Crippen LogP contribution in [0.5, 0.6) is 5.75 Å². The number of methoxy groups -OCH3 is 1. The molecule has 0 radical (unpaired) electrons. The van der Waals surface area contributed by atoms with Gasteiger partial charge in [0.05, 0.1) is 17.3 Å². The van der Waals surface area contributed by atoms with E-state index in [0.717, 1.165) is 22.8 Å². The summed E-state index contributed by atoms with van der Waals surface area (Å²) in [5.41, 5.74) is 2.60. The fourth-order valence-electron chi connectivity index (χ4n) is 2.54. The Bertz CT molecular complexity index is 772. The van der Waals surface area contributed by atoms with Gasteiger partial charge in [-0.3, -0.25) is 4.79 Å². The molecule has 0 spiro atoms. The van der Waals surface area contributed by atoms with E-state index >= 15 is 0 Å². The molecule has 1 saturated heterocycles. The molecule has 0 atom stereocenters. The van der Waals surface area contributed by atoms with E-state index in [9.17, 15) is 9.59 Å². The second-order valence-electron chi connectivity index (χ2n) is 5.90. The first-order valence-electron chi connectivity index (χ1n) is 8.55. The zero-order valence-electron chi connectivity index (χ0n) is 15.0. The van der Waals surface area contributed by atoms with Gasteiger partial charge in [0.1, 0.15) is 5.75 Å². The largest absolute Gasteiger partial charge is 0.497 e. The molecule has 5 nitrogen and oxygen atoms in total. The van der Waals surface area contributed by atoms with E-state index in [1.54, 1.807) is 19.2 Å². The molecule has 2 aromatic rings. The van der Waals surface area contributed by atoms with Gasteiger partial charge in [-0.2, -0.15) is 0 Å². The normalized spacial score (nSPS) is 14.0. The smallest absolute Gasteiger partial charge is 0.338 e. The minimum atomic E-state index is -0.493. The molecule has 2 aromatic carbocycles. The van der Waals surface area contributed by atoms with E-state index in [-0.39, 0.29) is 12.5 Å².